The number of allylic oxidation sites excluding steroid dienone is 1. The number of methoxy groups -OCH3 is 2. The minimum atomic E-state index is -0.848. The third-order valence-electron chi connectivity index (χ3n) is 7.35. The number of hydrogen-bond acceptors (Lipinski definition) is 10. The molecule has 1 atom stereocenters. The van der Waals surface area contributed by atoms with Gasteiger partial charge in [0.2, 0.25) is 0 Å². The van der Waals surface area contributed by atoms with Crippen molar-refractivity contribution in [1.29, 1.82) is 0 Å². The maximum Gasteiger partial charge on any atom is 0.338 e. The number of thiazole rings is 1. The van der Waals surface area contributed by atoms with Gasteiger partial charge in [0.15, 0.2) is 4.80 Å². The number of nitro benzene ring substituents is 1. The Hall–Kier alpha value is -5.23. The average molecular weight is 644 g/mol. The molecule has 0 amide bonds. The van der Waals surface area contributed by atoms with Gasteiger partial charge in [-0.1, -0.05) is 36.8 Å². The van der Waals surface area contributed by atoms with E-state index in [1.165, 1.54) is 35.1 Å². The van der Waals surface area contributed by atoms with Crippen LogP contribution in [0.15, 0.2) is 87.8 Å². The van der Waals surface area contributed by atoms with E-state index in [2.05, 4.69) is 0 Å². The monoisotopic (exact) mass is 643 g/mol. The molecule has 0 spiro atoms. The van der Waals surface area contributed by atoms with Crippen LogP contribution in [-0.4, -0.2) is 36.3 Å². The minimum Gasteiger partial charge on any atom is -0.497 e. The van der Waals surface area contributed by atoms with Crippen LogP contribution in [0.1, 0.15) is 49.4 Å². The molecule has 46 heavy (non-hydrogen) atoms. The highest BCUT2D eigenvalue weighted by Gasteiger charge is 2.36. The van der Waals surface area contributed by atoms with Crippen molar-refractivity contribution in [3.63, 3.8) is 0 Å². The lowest BCUT2D eigenvalue weighted by Crippen LogP contribution is -2.40. The van der Waals surface area contributed by atoms with E-state index in [0.717, 1.165) is 17.5 Å². The van der Waals surface area contributed by atoms with Crippen molar-refractivity contribution in [2.24, 2.45) is 4.99 Å². The normalized spacial score (nSPS) is 14.3. The zero-order valence-electron chi connectivity index (χ0n) is 25.8. The van der Waals surface area contributed by atoms with Gasteiger partial charge < -0.3 is 18.9 Å². The fraction of sp³-hybridized carbons (Fsp3) is 0.265. The number of hydrogen-bond donors (Lipinski definition) is 0. The number of aromatic nitrogens is 1. The van der Waals surface area contributed by atoms with Crippen LogP contribution in [-0.2, 0) is 16.1 Å². The lowest BCUT2D eigenvalue weighted by Gasteiger charge is -2.27. The van der Waals surface area contributed by atoms with Crippen LogP contribution in [0.3, 0.4) is 0 Å². The number of carbonyl (C=O) groups excluding carboxylic acids is 1. The molecule has 2 heterocycles. The van der Waals surface area contributed by atoms with Crippen LogP contribution in [0.25, 0.3) is 6.08 Å². The first kappa shape index (κ1) is 32.2. The number of nitro groups is 1. The van der Waals surface area contributed by atoms with Gasteiger partial charge in [0, 0.05) is 17.7 Å². The standard InChI is InChI=1S/C34H33N3O8S/c1-5-7-27-30(33(39)44-6-2)31(26-19-25(42-3)16-17-28(26)43-4)36-32(38)29(46-34(36)35-27)18-21-10-14-24(15-11-21)45-20-22-8-12-23(13-9-22)37(40)41/h8-19,31H,5-7,20H2,1-4H3/b29-18-/t31-/m1/s1. The van der Waals surface area contributed by atoms with Crippen molar-refractivity contribution >= 4 is 29.1 Å². The van der Waals surface area contributed by atoms with Crippen molar-refractivity contribution in [2.75, 3.05) is 20.8 Å². The Morgan fingerprint density at radius 2 is 1.74 bits per heavy atom. The number of fused-ring (bicyclic) bond motifs is 1. The van der Waals surface area contributed by atoms with E-state index in [1.54, 1.807) is 62.6 Å². The summed E-state index contributed by atoms with van der Waals surface area (Å²) in [7, 11) is 3.09. The predicted octanol–water partition coefficient (Wildman–Crippen LogP) is 5.08. The van der Waals surface area contributed by atoms with E-state index < -0.39 is 16.9 Å². The van der Waals surface area contributed by atoms with Gasteiger partial charge in [-0.2, -0.15) is 0 Å². The third-order valence-corrected chi connectivity index (χ3v) is 8.34. The summed E-state index contributed by atoms with van der Waals surface area (Å²) in [5, 5.41) is 10.9. The number of benzene rings is 3. The second kappa shape index (κ2) is 14.2. The molecule has 0 fully saturated rings. The molecule has 0 aliphatic carbocycles. The lowest BCUT2D eigenvalue weighted by atomic mass is 9.93. The summed E-state index contributed by atoms with van der Waals surface area (Å²) >= 11 is 1.24. The maximum absolute atomic E-state index is 14.1. The van der Waals surface area contributed by atoms with Gasteiger partial charge in [0.1, 0.15) is 29.9 Å². The lowest BCUT2D eigenvalue weighted by molar-refractivity contribution is -0.384. The first-order chi connectivity index (χ1) is 22.3. The Balaban J connectivity index is 1.54. The summed E-state index contributed by atoms with van der Waals surface area (Å²) in [4.78, 5) is 43.3. The molecule has 0 N–H and O–H groups in total. The van der Waals surface area contributed by atoms with E-state index in [1.807, 2.05) is 19.1 Å². The molecule has 1 aliphatic heterocycles. The Morgan fingerprint density at radius 3 is 2.37 bits per heavy atom. The zero-order valence-corrected chi connectivity index (χ0v) is 26.7. The highest BCUT2D eigenvalue weighted by atomic mass is 32.1. The molecule has 0 bridgehead atoms. The molecule has 0 radical (unpaired) electrons. The maximum atomic E-state index is 14.1. The van der Waals surface area contributed by atoms with Crippen molar-refractivity contribution in [2.45, 2.75) is 39.3 Å². The zero-order chi connectivity index (χ0) is 32.8. The average Bonchev–Trinajstić information content (AvgIpc) is 3.37. The fourth-order valence-electron chi connectivity index (χ4n) is 5.16. The van der Waals surface area contributed by atoms with E-state index in [9.17, 15) is 19.7 Å². The Kier molecular flexibility index (Phi) is 9.97. The number of ether oxygens (including phenoxy) is 4. The quantitative estimate of drug-likeness (QED) is 0.119. The smallest absolute Gasteiger partial charge is 0.338 e. The molecule has 5 rings (SSSR count). The summed E-state index contributed by atoms with van der Waals surface area (Å²) in [5.41, 5.74) is 2.71. The molecule has 3 aromatic carbocycles. The summed E-state index contributed by atoms with van der Waals surface area (Å²) in [6.07, 6.45) is 3.03. The van der Waals surface area contributed by atoms with Gasteiger partial charge in [-0.25, -0.2) is 9.79 Å². The Bertz CT molecular complexity index is 1960. The van der Waals surface area contributed by atoms with E-state index >= 15 is 0 Å². The second-order valence-electron chi connectivity index (χ2n) is 10.3. The molecule has 4 aromatic rings. The molecule has 238 valence electrons. The Labute approximate surface area is 268 Å². The first-order valence-electron chi connectivity index (χ1n) is 14.7. The van der Waals surface area contributed by atoms with Crippen LogP contribution in [0, 0.1) is 10.1 Å². The fourth-order valence-corrected chi connectivity index (χ4v) is 6.18. The van der Waals surface area contributed by atoms with Crippen molar-refractivity contribution < 1.29 is 28.7 Å². The van der Waals surface area contributed by atoms with Crippen molar-refractivity contribution in [1.82, 2.24) is 4.57 Å². The summed E-state index contributed by atoms with van der Waals surface area (Å²) in [6, 6.07) is 17.8. The molecule has 0 saturated heterocycles. The SMILES string of the molecule is CCCC1=C(C(=O)OCC)[C@@H](c2cc(OC)ccc2OC)n2c(s/c(=C\c3ccc(OCc4ccc([N+](=O)[O-])cc4)cc3)c2=O)=N1. The summed E-state index contributed by atoms with van der Waals surface area (Å²) in [6.45, 7) is 4.15. The van der Waals surface area contributed by atoms with Gasteiger partial charge in [-0.05, 0) is 73.0 Å². The van der Waals surface area contributed by atoms with Crippen LogP contribution in [0.4, 0.5) is 5.69 Å². The van der Waals surface area contributed by atoms with Crippen LogP contribution < -0.4 is 29.1 Å². The van der Waals surface area contributed by atoms with Crippen LogP contribution >= 0.6 is 11.3 Å². The van der Waals surface area contributed by atoms with Crippen LogP contribution in [0.5, 0.6) is 17.2 Å². The van der Waals surface area contributed by atoms with E-state index in [4.69, 9.17) is 23.9 Å². The third kappa shape index (κ3) is 6.71. The largest absolute Gasteiger partial charge is 0.497 e. The van der Waals surface area contributed by atoms with Gasteiger partial charge in [0.25, 0.3) is 11.2 Å². The molecular weight excluding hydrogens is 610 g/mol. The predicted molar refractivity (Wildman–Crippen MR) is 173 cm³/mol. The molecule has 1 aliphatic rings. The number of carbonyl (C=O) groups is 1. The van der Waals surface area contributed by atoms with Crippen LogP contribution in [0.2, 0.25) is 0 Å². The first-order valence-corrected chi connectivity index (χ1v) is 15.5. The molecule has 1 aromatic heterocycles. The number of rotatable bonds is 12. The molecule has 11 nitrogen and oxygen atoms in total. The summed E-state index contributed by atoms with van der Waals surface area (Å²) < 4.78 is 24.5. The van der Waals surface area contributed by atoms with Gasteiger partial charge in [0.05, 0.1) is 41.6 Å². The van der Waals surface area contributed by atoms with Gasteiger partial charge in [-0.3, -0.25) is 19.5 Å². The topological polar surface area (TPSA) is 131 Å². The van der Waals surface area contributed by atoms with Crippen molar-refractivity contribution in [3.05, 3.63) is 124 Å². The highest BCUT2D eigenvalue weighted by molar-refractivity contribution is 7.07. The van der Waals surface area contributed by atoms with E-state index in [-0.39, 0.29) is 24.5 Å². The molecule has 0 saturated carbocycles. The molecular formula is C34H33N3O8S. The van der Waals surface area contributed by atoms with Crippen molar-refractivity contribution in [3.8, 4) is 17.2 Å². The summed E-state index contributed by atoms with van der Waals surface area (Å²) in [5.74, 6) is 1.10. The van der Waals surface area contributed by atoms with E-state index in [0.29, 0.717) is 49.8 Å². The number of esters is 1. The number of nitrogens with zero attached hydrogens (tertiary/aromatic N) is 3. The molecule has 0 unspecified atom stereocenters. The number of non-ortho nitro benzene ring substituents is 1. The second-order valence-corrected chi connectivity index (χ2v) is 11.3. The Morgan fingerprint density at radius 1 is 1.02 bits per heavy atom. The minimum absolute atomic E-state index is 0.0195. The van der Waals surface area contributed by atoms with Gasteiger partial charge >= 0.3 is 5.97 Å². The molecule has 12 heteroatoms. The van der Waals surface area contributed by atoms with Gasteiger partial charge in [-0.15, -0.1) is 0 Å². The highest BCUT2D eigenvalue weighted by Crippen LogP contribution is 2.38.